The third kappa shape index (κ3) is 4.74. The van der Waals surface area contributed by atoms with Crippen molar-refractivity contribution in [3.8, 4) is 10.6 Å². The number of rotatable bonds is 7. The van der Waals surface area contributed by atoms with E-state index in [4.69, 9.17) is 9.84 Å². The molecule has 0 radical (unpaired) electrons. The first-order chi connectivity index (χ1) is 13.3. The molecule has 0 amide bonds. The minimum Gasteiger partial charge on any atom is -0.379 e. The molecule has 0 saturated carbocycles. The molecule has 6 nitrogen and oxygen atoms in total. The van der Waals surface area contributed by atoms with Crippen molar-refractivity contribution < 1.29 is 4.74 Å². The molecule has 142 valence electrons. The molecule has 27 heavy (non-hydrogen) atoms. The van der Waals surface area contributed by atoms with Crippen molar-refractivity contribution >= 4 is 16.5 Å². The molecular weight excluding hydrogens is 358 g/mol. The molecule has 7 heteroatoms. The highest BCUT2D eigenvalue weighted by Gasteiger charge is 2.14. The van der Waals surface area contributed by atoms with E-state index in [0.717, 1.165) is 67.3 Å². The van der Waals surface area contributed by atoms with Crippen molar-refractivity contribution in [1.29, 1.82) is 0 Å². The van der Waals surface area contributed by atoms with E-state index in [1.807, 2.05) is 17.7 Å². The first-order valence-corrected chi connectivity index (χ1v) is 10.2. The summed E-state index contributed by atoms with van der Waals surface area (Å²) in [5.74, 6) is 0. The second kappa shape index (κ2) is 8.65. The van der Waals surface area contributed by atoms with Gasteiger partial charge in [0.15, 0.2) is 5.13 Å². The van der Waals surface area contributed by atoms with Crippen LogP contribution in [0.3, 0.4) is 0 Å². The van der Waals surface area contributed by atoms with Crippen molar-refractivity contribution in [2.45, 2.75) is 20.0 Å². The van der Waals surface area contributed by atoms with Gasteiger partial charge >= 0.3 is 0 Å². The average molecular weight is 384 g/mol. The number of benzene rings is 1. The van der Waals surface area contributed by atoms with E-state index in [9.17, 15) is 0 Å². The van der Waals surface area contributed by atoms with Crippen LogP contribution < -0.4 is 5.32 Å². The van der Waals surface area contributed by atoms with Crippen LogP contribution >= 0.6 is 11.3 Å². The zero-order valence-electron chi connectivity index (χ0n) is 15.6. The summed E-state index contributed by atoms with van der Waals surface area (Å²) in [6.07, 6.45) is 2.06. The molecule has 2 aromatic heterocycles. The number of nitrogens with zero attached hydrogens (tertiary/aromatic N) is 4. The van der Waals surface area contributed by atoms with Crippen molar-refractivity contribution in [2.75, 3.05) is 38.2 Å². The summed E-state index contributed by atoms with van der Waals surface area (Å²) in [5.41, 5.74) is 3.27. The van der Waals surface area contributed by atoms with Crippen LogP contribution in [-0.4, -0.2) is 52.5 Å². The number of morpholine rings is 1. The lowest BCUT2D eigenvalue weighted by atomic mass is 10.2. The maximum Gasteiger partial charge on any atom is 0.183 e. The zero-order chi connectivity index (χ0) is 18.5. The Kier molecular flexibility index (Phi) is 5.81. The Morgan fingerprint density at radius 1 is 1.11 bits per heavy atom. The lowest BCUT2D eigenvalue weighted by Crippen LogP contribution is -2.38. The Morgan fingerprint density at radius 3 is 2.74 bits per heavy atom. The van der Waals surface area contributed by atoms with Crippen LogP contribution in [-0.2, 0) is 17.8 Å². The third-order valence-corrected chi connectivity index (χ3v) is 5.84. The van der Waals surface area contributed by atoms with Gasteiger partial charge in [-0.05, 0) is 18.6 Å². The summed E-state index contributed by atoms with van der Waals surface area (Å²) >= 11 is 1.67. The summed E-state index contributed by atoms with van der Waals surface area (Å²) in [6, 6.07) is 12.5. The standard InChI is InChI=1S/C20H25N5OS/c1-16-19(27-20(22-16)21-15-17-5-3-2-4-6-17)18-7-8-25(23-18)10-9-24-11-13-26-14-12-24/h2-8H,9-15H2,1H3,(H,21,22). The van der Waals surface area contributed by atoms with Gasteiger partial charge in [0.25, 0.3) is 0 Å². The molecular formula is C20H25N5OS. The van der Waals surface area contributed by atoms with Crippen molar-refractivity contribution in [3.63, 3.8) is 0 Å². The van der Waals surface area contributed by atoms with Crippen molar-refractivity contribution in [3.05, 3.63) is 53.9 Å². The highest BCUT2D eigenvalue weighted by Crippen LogP contribution is 2.31. The summed E-state index contributed by atoms with van der Waals surface area (Å²) < 4.78 is 7.43. The lowest BCUT2D eigenvalue weighted by molar-refractivity contribution is 0.0360. The Hall–Kier alpha value is -2.22. The average Bonchev–Trinajstić information content (AvgIpc) is 3.32. The molecule has 1 saturated heterocycles. The molecule has 1 N–H and O–H groups in total. The summed E-state index contributed by atoms with van der Waals surface area (Å²) in [7, 11) is 0. The second-order valence-electron chi connectivity index (χ2n) is 6.69. The van der Waals surface area contributed by atoms with Crippen molar-refractivity contribution in [1.82, 2.24) is 19.7 Å². The van der Waals surface area contributed by atoms with E-state index in [1.165, 1.54) is 5.56 Å². The lowest BCUT2D eigenvalue weighted by Gasteiger charge is -2.26. The number of thiazole rings is 1. The van der Waals surface area contributed by atoms with Gasteiger partial charge in [-0.25, -0.2) is 4.98 Å². The molecule has 0 aliphatic carbocycles. The van der Waals surface area contributed by atoms with Crippen LogP contribution in [0.5, 0.6) is 0 Å². The van der Waals surface area contributed by atoms with Crippen LogP contribution in [0.15, 0.2) is 42.6 Å². The van der Waals surface area contributed by atoms with Gasteiger partial charge in [0.1, 0.15) is 5.69 Å². The predicted octanol–water partition coefficient (Wildman–Crippen LogP) is 3.26. The summed E-state index contributed by atoms with van der Waals surface area (Å²) in [6.45, 7) is 8.43. The van der Waals surface area contributed by atoms with Gasteiger partial charge in [-0.3, -0.25) is 9.58 Å². The Balaban J connectivity index is 1.37. The molecule has 4 rings (SSSR count). The summed E-state index contributed by atoms with van der Waals surface area (Å²) in [4.78, 5) is 8.23. The number of hydrogen-bond acceptors (Lipinski definition) is 6. The first kappa shape index (κ1) is 18.2. The molecule has 1 aliphatic heterocycles. The molecule has 0 bridgehead atoms. The molecule has 1 fully saturated rings. The quantitative estimate of drug-likeness (QED) is 0.679. The molecule has 1 aliphatic rings. The van der Waals surface area contributed by atoms with E-state index in [2.05, 4.69) is 51.7 Å². The molecule has 3 heterocycles. The fraction of sp³-hybridized carbons (Fsp3) is 0.400. The monoisotopic (exact) mass is 383 g/mol. The number of anilines is 1. The largest absolute Gasteiger partial charge is 0.379 e. The highest BCUT2D eigenvalue weighted by molar-refractivity contribution is 7.19. The number of aromatic nitrogens is 3. The Labute approximate surface area is 163 Å². The molecule has 0 spiro atoms. The van der Waals surface area contributed by atoms with E-state index in [-0.39, 0.29) is 0 Å². The number of aryl methyl sites for hydroxylation is 1. The number of hydrogen-bond donors (Lipinski definition) is 1. The van der Waals surface area contributed by atoms with Crippen LogP contribution in [0.2, 0.25) is 0 Å². The maximum atomic E-state index is 5.40. The second-order valence-corrected chi connectivity index (χ2v) is 7.69. The van der Waals surface area contributed by atoms with Gasteiger partial charge in [0.05, 0.1) is 30.3 Å². The number of ether oxygens (including phenoxy) is 1. The maximum absolute atomic E-state index is 5.40. The van der Waals surface area contributed by atoms with Crippen LogP contribution in [0.25, 0.3) is 10.6 Å². The first-order valence-electron chi connectivity index (χ1n) is 9.37. The minimum absolute atomic E-state index is 0.779. The van der Waals surface area contributed by atoms with Crippen LogP contribution in [0.1, 0.15) is 11.3 Å². The van der Waals surface area contributed by atoms with Gasteiger partial charge in [-0.1, -0.05) is 41.7 Å². The molecule has 1 aromatic carbocycles. The van der Waals surface area contributed by atoms with E-state index >= 15 is 0 Å². The van der Waals surface area contributed by atoms with Gasteiger partial charge in [0, 0.05) is 32.4 Å². The summed E-state index contributed by atoms with van der Waals surface area (Å²) in [5, 5.41) is 9.12. The van der Waals surface area contributed by atoms with E-state index in [1.54, 1.807) is 11.3 Å². The minimum atomic E-state index is 0.779. The van der Waals surface area contributed by atoms with Crippen LogP contribution in [0.4, 0.5) is 5.13 Å². The van der Waals surface area contributed by atoms with Crippen LogP contribution in [0, 0.1) is 6.92 Å². The molecule has 0 atom stereocenters. The van der Waals surface area contributed by atoms with Gasteiger partial charge < -0.3 is 10.1 Å². The number of nitrogens with one attached hydrogen (secondary N) is 1. The SMILES string of the molecule is Cc1nc(NCc2ccccc2)sc1-c1ccn(CCN2CCOCC2)n1. The predicted molar refractivity (Wildman–Crippen MR) is 109 cm³/mol. The normalized spacial score (nSPS) is 15.1. The van der Waals surface area contributed by atoms with E-state index < -0.39 is 0 Å². The van der Waals surface area contributed by atoms with Gasteiger partial charge in [-0.15, -0.1) is 0 Å². The fourth-order valence-corrected chi connectivity index (χ4v) is 4.09. The van der Waals surface area contributed by atoms with Crippen molar-refractivity contribution in [2.24, 2.45) is 0 Å². The zero-order valence-corrected chi connectivity index (χ0v) is 16.4. The molecule has 0 unspecified atom stereocenters. The Morgan fingerprint density at radius 2 is 1.93 bits per heavy atom. The van der Waals surface area contributed by atoms with Gasteiger partial charge in [0.2, 0.25) is 0 Å². The Bertz CT molecular complexity index is 854. The fourth-order valence-electron chi connectivity index (χ4n) is 3.16. The smallest absolute Gasteiger partial charge is 0.183 e. The molecule has 3 aromatic rings. The van der Waals surface area contributed by atoms with E-state index in [0.29, 0.717) is 0 Å². The third-order valence-electron chi connectivity index (χ3n) is 4.71. The van der Waals surface area contributed by atoms with Gasteiger partial charge in [-0.2, -0.15) is 5.10 Å². The topological polar surface area (TPSA) is 55.2 Å². The highest BCUT2D eigenvalue weighted by atomic mass is 32.1.